The molecule has 2 heterocycles. The van der Waals surface area contributed by atoms with Gasteiger partial charge in [-0.15, -0.1) is 0 Å². The lowest BCUT2D eigenvalue weighted by Gasteiger charge is -2.34. The normalized spacial score (nSPS) is 14.2. The van der Waals surface area contributed by atoms with Crippen molar-refractivity contribution in [3.8, 4) is 11.1 Å². The molecule has 6 heteroatoms. The molecule has 1 fully saturated rings. The summed E-state index contributed by atoms with van der Waals surface area (Å²) in [6, 6.07) is 15.1. The average Bonchev–Trinajstić information content (AvgIpc) is 2.78. The molecule has 1 N–H and O–H groups in total. The van der Waals surface area contributed by atoms with E-state index in [2.05, 4.69) is 4.98 Å². The van der Waals surface area contributed by atoms with E-state index in [1.54, 1.807) is 11.1 Å². The minimum Gasteiger partial charge on any atom is -0.339 e. The first-order valence-corrected chi connectivity index (χ1v) is 9.86. The van der Waals surface area contributed by atoms with Gasteiger partial charge in [-0.25, -0.2) is 0 Å². The number of hydrogen-bond acceptors (Lipinski definition) is 3. The maximum absolute atomic E-state index is 12.8. The van der Waals surface area contributed by atoms with Gasteiger partial charge in [-0.3, -0.25) is 14.4 Å². The number of aromatic amines is 1. The molecule has 1 aliphatic heterocycles. The van der Waals surface area contributed by atoms with Gasteiger partial charge in [0.1, 0.15) is 0 Å². The summed E-state index contributed by atoms with van der Waals surface area (Å²) < 4.78 is 0. The highest BCUT2D eigenvalue weighted by atomic mass is 16.2. The topological polar surface area (TPSA) is 73.5 Å². The standard InChI is InChI=1S/C23H23N3O3/c1-2-21(27)25-11-13-26(14-12-25)23(29)17-5-3-16(4-6-17)18-7-8-20-19(15-18)9-10-24-22(20)28/h3-10,15H,2,11-14H2,1H3,(H,24,28). The molecule has 29 heavy (non-hydrogen) atoms. The van der Waals surface area contributed by atoms with Crippen LogP contribution in [0.2, 0.25) is 0 Å². The van der Waals surface area contributed by atoms with Crippen LogP contribution in [-0.2, 0) is 4.79 Å². The zero-order valence-electron chi connectivity index (χ0n) is 16.4. The highest BCUT2D eigenvalue weighted by molar-refractivity contribution is 5.95. The molecule has 0 saturated carbocycles. The Morgan fingerprint density at radius 1 is 0.897 bits per heavy atom. The lowest BCUT2D eigenvalue weighted by molar-refractivity contribution is -0.132. The SMILES string of the molecule is CCC(=O)N1CCN(C(=O)c2ccc(-c3ccc4c(=O)[nH]ccc4c3)cc2)CC1. The Morgan fingerprint density at radius 3 is 2.24 bits per heavy atom. The molecular weight excluding hydrogens is 366 g/mol. The van der Waals surface area contributed by atoms with Crippen LogP contribution in [0.4, 0.5) is 0 Å². The zero-order chi connectivity index (χ0) is 20.4. The minimum absolute atomic E-state index is 0.00908. The van der Waals surface area contributed by atoms with Gasteiger partial charge in [0.05, 0.1) is 0 Å². The van der Waals surface area contributed by atoms with Crippen LogP contribution in [0, 0.1) is 0 Å². The number of nitrogens with one attached hydrogen (secondary N) is 1. The van der Waals surface area contributed by atoms with Crippen molar-refractivity contribution >= 4 is 22.6 Å². The summed E-state index contributed by atoms with van der Waals surface area (Å²) >= 11 is 0. The van der Waals surface area contributed by atoms with Crippen molar-refractivity contribution in [1.29, 1.82) is 0 Å². The molecule has 0 spiro atoms. The van der Waals surface area contributed by atoms with Gasteiger partial charge in [-0.05, 0) is 46.8 Å². The van der Waals surface area contributed by atoms with Gasteiger partial charge in [0.2, 0.25) is 5.91 Å². The van der Waals surface area contributed by atoms with Crippen molar-refractivity contribution < 1.29 is 9.59 Å². The molecule has 2 aromatic carbocycles. The van der Waals surface area contributed by atoms with E-state index in [1.165, 1.54) is 0 Å². The molecule has 1 aliphatic rings. The van der Waals surface area contributed by atoms with E-state index in [0.717, 1.165) is 16.5 Å². The summed E-state index contributed by atoms with van der Waals surface area (Å²) in [7, 11) is 0. The first-order chi connectivity index (χ1) is 14.1. The lowest BCUT2D eigenvalue weighted by Crippen LogP contribution is -2.50. The molecule has 6 nitrogen and oxygen atoms in total. The van der Waals surface area contributed by atoms with E-state index >= 15 is 0 Å². The fourth-order valence-electron chi connectivity index (χ4n) is 3.74. The van der Waals surface area contributed by atoms with E-state index in [9.17, 15) is 14.4 Å². The Hall–Kier alpha value is -3.41. The van der Waals surface area contributed by atoms with E-state index < -0.39 is 0 Å². The predicted molar refractivity (Wildman–Crippen MR) is 113 cm³/mol. The Labute approximate surface area is 168 Å². The monoisotopic (exact) mass is 389 g/mol. The van der Waals surface area contributed by atoms with Crippen molar-refractivity contribution in [3.05, 3.63) is 70.6 Å². The van der Waals surface area contributed by atoms with Gasteiger partial charge in [-0.2, -0.15) is 0 Å². The summed E-state index contributed by atoms with van der Waals surface area (Å²) in [6.07, 6.45) is 2.14. The van der Waals surface area contributed by atoms with Gasteiger partial charge in [0.15, 0.2) is 0 Å². The number of hydrogen-bond donors (Lipinski definition) is 1. The second-order valence-electron chi connectivity index (χ2n) is 7.21. The molecular formula is C23H23N3O3. The summed E-state index contributed by atoms with van der Waals surface area (Å²) in [5, 5.41) is 1.54. The fraction of sp³-hybridized carbons (Fsp3) is 0.261. The van der Waals surface area contributed by atoms with Gasteiger partial charge >= 0.3 is 0 Å². The summed E-state index contributed by atoms with van der Waals surface area (Å²) in [5.41, 5.74) is 2.52. The maximum atomic E-state index is 12.8. The van der Waals surface area contributed by atoms with Crippen molar-refractivity contribution in [2.45, 2.75) is 13.3 Å². The number of nitrogens with zero attached hydrogens (tertiary/aromatic N) is 2. The predicted octanol–water partition coefficient (Wildman–Crippen LogP) is 2.89. The zero-order valence-corrected chi connectivity index (χ0v) is 16.4. The molecule has 0 atom stereocenters. The van der Waals surface area contributed by atoms with Crippen molar-refractivity contribution in [2.24, 2.45) is 0 Å². The van der Waals surface area contributed by atoms with Crippen LogP contribution in [0.15, 0.2) is 59.5 Å². The van der Waals surface area contributed by atoms with Crippen molar-refractivity contribution in [3.63, 3.8) is 0 Å². The van der Waals surface area contributed by atoms with Crippen LogP contribution < -0.4 is 5.56 Å². The molecule has 1 aromatic heterocycles. The van der Waals surface area contributed by atoms with Crippen LogP contribution in [0.1, 0.15) is 23.7 Å². The van der Waals surface area contributed by atoms with Crippen molar-refractivity contribution in [2.75, 3.05) is 26.2 Å². The smallest absolute Gasteiger partial charge is 0.255 e. The fourth-order valence-corrected chi connectivity index (χ4v) is 3.74. The Kier molecular flexibility index (Phi) is 5.16. The van der Waals surface area contributed by atoms with Crippen LogP contribution >= 0.6 is 0 Å². The molecule has 0 unspecified atom stereocenters. The first kappa shape index (κ1) is 18.9. The third kappa shape index (κ3) is 3.78. The molecule has 0 bridgehead atoms. The van der Waals surface area contributed by atoms with Gasteiger partial charge < -0.3 is 14.8 Å². The van der Waals surface area contributed by atoms with Gasteiger partial charge in [0, 0.05) is 49.7 Å². The molecule has 0 aliphatic carbocycles. The number of amides is 2. The number of rotatable bonds is 3. The highest BCUT2D eigenvalue weighted by Gasteiger charge is 2.24. The number of carbonyl (C=O) groups is 2. The van der Waals surface area contributed by atoms with Crippen LogP contribution in [0.5, 0.6) is 0 Å². The summed E-state index contributed by atoms with van der Waals surface area (Å²) in [4.78, 5) is 42.7. The third-order valence-corrected chi connectivity index (χ3v) is 5.46. The first-order valence-electron chi connectivity index (χ1n) is 9.86. The lowest BCUT2D eigenvalue weighted by atomic mass is 10.0. The highest BCUT2D eigenvalue weighted by Crippen LogP contribution is 2.24. The van der Waals surface area contributed by atoms with Gasteiger partial charge in [-0.1, -0.05) is 25.1 Å². The largest absolute Gasteiger partial charge is 0.339 e. The number of carbonyl (C=O) groups excluding carboxylic acids is 2. The number of aromatic nitrogens is 1. The minimum atomic E-state index is -0.101. The van der Waals surface area contributed by atoms with Crippen LogP contribution in [0.25, 0.3) is 21.9 Å². The molecule has 2 amide bonds. The number of pyridine rings is 1. The van der Waals surface area contributed by atoms with Crippen molar-refractivity contribution in [1.82, 2.24) is 14.8 Å². The number of benzene rings is 2. The second-order valence-corrected chi connectivity index (χ2v) is 7.21. The molecule has 1 saturated heterocycles. The van der Waals surface area contributed by atoms with E-state index in [-0.39, 0.29) is 17.4 Å². The van der Waals surface area contributed by atoms with Crippen LogP contribution in [-0.4, -0.2) is 52.8 Å². The molecule has 148 valence electrons. The number of H-pyrrole nitrogens is 1. The average molecular weight is 389 g/mol. The number of fused-ring (bicyclic) bond motifs is 1. The Morgan fingerprint density at radius 2 is 1.55 bits per heavy atom. The summed E-state index contributed by atoms with van der Waals surface area (Å²) in [6.45, 7) is 4.16. The maximum Gasteiger partial charge on any atom is 0.255 e. The van der Waals surface area contributed by atoms with E-state index in [4.69, 9.17) is 0 Å². The molecule has 0 radical (unpaired) electrons. The summed E-state index contributed by atoms with van der Waals surface area (Å²) in [5.74, 6) is 0.129. The van der Waals surface area contributed by atoms with Gasteiger partial charge in [0.25, 0.3) is 11.5 Å². The molecule has 3 aromatic rings. The third-order valence-electron chi connectivity index (χ3n) is 5.46. The quantitative estimate of drug-likeness (QED) is 0.749. The second kappa shape index (κ2) is 7.91. The Balaban J connectivity index is 1.49. The Bertz CT molecular complexity index is 1110. The molecule has 4 rings (SSSR count). The van der Waals surface area contributed by atoms with Crippen LogP contribution in [0.3, 0.4) is 0 Å². The van der Waals surface area contributed by atoms with E-state index in [1.807, 2.05) is 60.4 Å². The number of piperazine rings is 1. The van der Waals surface area contributed by atoms with E-state index in [0.29, 0.717) is 43.5 Å².